The Morgan fingerprint density at radius 1 is 1.56 bits per heavy atom. The maximum atomic E-state index is 10.0. The molecule has 2 aromatic rings. The molecule has 0 amide bonds. The predicted molar refractivity (Wildman–Crippen MR) is 55.5 cm³/mol. The molecule has 0 aliphatic rings. The third kappa shape index (κ3) is 2.11. The van der Waals surface area contributed by atoms with Gasteiger partial charge in [0.25, 0.3) is 0 Å². The molecule has 0 saturated heterocycles. The van der Waals surface area contributed by atoms with Crippen molar-refractivity contribution >= 4 is 0 Å². The van der Waals surface area contributed by atoms with E-state index in [9.17, 15) is 5.11 Å². The summed E-state index contributed by atoms with van der Waals surface area (Å²) < 4.78 is 5.26. The topological polar surface area (TPSA) is 77.0 Å². The molecule has 1 unspecified atom stereocenters. The second kappa shape index (κ2) is 4.44. The Labute approximate surface area is 92.9 Å². The van der Waals surface area contributed by atoms with Gasteiger partial charge in [0.1, 0.15) is 5.76 Å². The normalized spacial score (nSPS) is 12.9. The zero-order valence-corrected chi connectivity index (χ0v) is 9.29. The molecule has 16 heavy (non-hydrogen) atoms. The van der Waals surface area contributed by atoms with E-state index in [0.717, 1.165) is 17.7 Å². The minimum absolute atomic E-state index is 0.348. The third-order valence-electron chi connectivity index (χ3n) is 2.39. The minimum atomic E-state index is -0.641. The lowest BCUT2D eigenvalue weighted by molar-refractivity contribution is 0.173. The summed E-state index contributed by atoms with van der Waals surface area (Å²) in [7, 11) is 1.69. The molecule has 0 bridgehead atoms. The molecule has 1 atom stereocenters. The van der Waals surface area contributed by atoms with Gasteiger partial charge >= 0.3 is 0 Å². The largest absolute Gasteiger partial charge is 0.469 e. The maximum absolute atomic E-state index is 10.0. The van der Waals surface area contributed by atoms with Crippen LogP contribution in [0, 0.1) is 0 Å². The molecule has 6 heteroatoms. The number of hydrogen-bond acceptors (Lipinski definition) is 5. The van der Waals surface area contributed by atoms with E-state index < -0.39 is 6.10 Å². The summed E-state index contributed by atoms with van der Waals surface area (Å²) in [5.74, 6) is 1.33. The molecule has 0 aliphatic carbocycles. The molecule has 2 rings (SSSR count). The number of hydrogen-bond donors (Lipinski definition) is 1. The van der Waals surface area contributed by atoms with Gasteiger partial charge in [-0.3, -0.25) is 0 Å². The molecular weight excluding hydrogens is 208 g/mol. The molecule has 0 spiro atoms. The van der Waals surface area contributed by atoms with Gasteiger partial charge in [-0.05, 0) is 11.3 Å². The lowest BCUT2D eigenvalue weighted by atomic mass is 10.1. The molecule has 0 radical (unpaired) electrons. The molecule has 6 nitrogen and oxygen atoms in total. The molecule has 0 saturated carbocycles. The average molecular weight is 222 g/mol. The summed E-state index contributed by atoms with van der Waals surface area (Å²) in [5.41, 5.74) is 0.801. The van der Waals surface area contributed by atoms with Crippen LogP contribution in [0.4, 0.5) is 0 Å². The van der Waals surface area contributed by atoms with Gasteiger partial charge in [-0.15, -0.1) is 10.2 Å². The van der Waals surface area contributed by atoms with E-state index in [-0.39, 0.29) is 0 Å². The fraction of sp³-hybridized carbons (Fsp3) is 0.500. The number of aryl methyl sites for hydroxylation is 2. The quantitative estimate of drug-likeness (QED) is 0.821. The highest BCUT2D eigenvalue weighted by Crippen LogP contribution is 2.22. The Morgan fingerprint density at radius 2 is 2.38 bits per heavy atom. The standard InChI is InChI=1S/C10H14N4O2/c1-3-9-7(4-5-16-9)8(15)6-10-11-13-14(2)12-10/h4-5,8,15H,3,6H2,1-2H3. The monoisotopic (exact) mass is 222 g/mol. The van der Waals surface area contributed by atoms with Crippen LogP contribution < -0.4 is 0 Å². The zero-order chi connectivity index (χ0) is 11.5. The van der Waals surface area contributed by atoms with E-state index in [1.54, 1.807) is 19.4 Å². The first-order chi connectivity index (χ1) is 7.70. The van der Waals surface area contributed by atoms with Crippen LogP contribution in [0.3, 0.4) is 0 Å². The van der Waals surface area contributed by atoms with E-state index in [4.69, 9.17) is 4.42 Å². The maximum Gasteiger partial charge on any atom is 0.177 e. The Kier molecular flexibility index (Phi) is 3.00. The van der Waals surface area contributed by atoms with Crippen molar-refractivity contribution in [3.05, 3.63) is 29.5 Å². The molecule has 0 aliphatic heterocycles. The number of aliphatic hydroxyl groups is 1. The van der Waals surface area contributed by atoms with Crippen molar-refractivity contribution in [1.29, 1.82) is 0 Å². The highest BCUT2D eigenvalue weighted by Gasteiger charge is 2.16. The number of aliphatic hydroxyl groups excluding tert-OH is 1. The zero-order valence-electron chi connectivity index (χ0n) is 9.29. The van der Waals surface area contributed by atoms with Crippen LogP contribution in [0.15, 0.2) is 16.7 Å². The smallest absolute Gasteiger partial charge is 0.177 e. The van der Waals surface area contributed by atoms with Gasteiger partial charge in [0.15, 0.2) is 5.82 Å². The average Bonchev–Trinajstić information content (AvgIpc) is 2.86. The molecule has 0 fully saturated rings. The van der Waals surface area contributed by atoms with Crippen molar-refractivity contribution in [3.8, 4) is 0 Å². The van der Waals surface area contributed by atoms with Gasteiger partial charge in [0.05, 0.1) is 19.4 Å². The van der Waals surface area contributed by atoms with E-state index in [2.05, 4.69) is 15.4 Å². The van der Waals surface area contributed by atoms with E-state index in [0.29, 0.717) is 12.2 Å². The number of aromatic nitrogens is 4. The molecule has 86 valence electrons. The lowest BCUT2D eigenvalue weighted by Crippen LogP contribution is -2.05. The highest BCUT2D eigenvalue weighted by molar-refractivity contribution is 5.20. The van der Waals surface area contributed by atoms with Crippen LogP contribution in [0.25, 0.3) is 0 Å². The van der Waals surface area contributed by atoms with Gasteiger partial charge in [-0.25, -0.2) is 0 Å². The summed E-state index contributed by atoms with van der Waals surface area (Å²) >= 11 is 0. The van der Waals surface area contributed by atoms with Crippen molar-refractivity contribution in [2.75, 3.05) is 0 Å². The number of tetrazole rings is 1. The fourth-order valence-electron chi connectivity index (χ4n) is 1.62. The van der Waals surface area contributed by atoms with Crippen LogP contribution in [-0.4, -0.2) is 25.3 Å². The number of furan rings is 1. The summed E-state index contributed by atoms with van der Waals surface area (Å²) in [6.45, 7) is 1.98. The van der Waals surface area contributed by atoms with Crippen LogP contribution >= 0.6 is 0 Å². The second-order valence-corrected chi connectivity index (χ2v) is 3.57. The SMILES string of the molecule is CCc1occc1C(O)Cc1nnn(C)n1. The van der Waals surface area contributed by atoms with Gasteiger partial charge < -0.3 is 9.52 Å². The van der Waals surface area contributed by atoms with E-state index in [1.165, 1.54) is 4.80 Å². The second-order valence-electron chi connectivity index (χ2n) is 3.57. The van der Waals surface area contributed by atoms with Gasteiger partial charge in [-0.1, -0.05) is 6.92 Å². The first-order valence-electron chi connectivity index (χ1n) is 5.18. The summed E-state index contributed by atoms with van der Waals surface area (Å²) in [6, 6.07) is 1.78. The first kappa shape index (κ1) is 10.8. The summed E-state index contributed by atoms with van der Waals surface area (Å²) in [5, 5.41) is 21.6. The molecular formula is C10H14N4O2. The third-order valence-corrected chi connectivity index (χ3v) is 2.39. The number of rotatable bonds is 4. The highest BCUT2D eigenvalue weighted by atomic mass is 16.3. The van der Waals surface area contributed by atoms with Gasteiger partial charge in [0.2, 0.25) is 0 Å². The van der Waals surface area contributed by atoms with E-state index >= 15 is 0 Å². The molecule has 2 heterocycles. The fourth-order valence-corrected chi connectivity index (χ4v) is 1.62. The van der Waals surface area contributed by atoms with Crippen LogP contribution in [0.5, 0.6) is 0 Å². The Hall–Kier alpha value is -1.69. The summed E-state index contributed by atoms with van der Waals surface area (Å²) in [4.78, 5) is 1.37. The van der Waals surface area contributed by atoms with Gasteiger partial charge in [-0.2, -0.15) is 4.80 Å². The van der Waals surface area contributed by atoms with Crippen molar-refractivity contribution < 1.29 is 9.52 Å². The van der Waals surface area contributed by atoms with Crippen molar-refractivity contribution in [3.63, 3.8) is 0 Å². The van der Waals surface area contributed by atoms with Crippen LogP contribution in [0.1, 0.15) is 30.2 Å². The summed E-state index contributed by atoms with van der Waals surface area (Å²) in [6.07, 6.45) is 2.05. The lowest BCUT2D eigenvalue weighted by Gasteiger charge is -2.07. The van der Waals surface area contributed by atoms with Crippen molar-refractivity contribution in [2.45, 2.75) is 25.9 Å². The first-order valence-corrected chi connectivity index (χ1v) is 5.18. The Bertz CT molecular complexity index is 463. The Balaban J connectivity index is 2.11. The van der Waals surface area contributed by atoms with Crippen molar-refractivity contribution in [2.24, 2.45) is 7.05 Å². The van der Waals surface area contributed by atoms with Crippen LogP contribution in [-0.2, 0) is 19.9 Å². The van der Waals surface area contributed by atoms with E-state index in [1.807, 2.05) is 6.92 Å². The molecule has 0 aromatic carbocycles. The Morgan fingerprint density at radius 3 is 3.00 bits per heavy atom. The molecule has 1 N–H and O–H groups in total. The minimum Gasteiger partial charge on any atom is -0.469 e. The van der Waals surface area contributed by atoms with Gasteiger partial charge in [0, 0.05) is 18.4 Å². The van der Waals surface area contributed by atoms with Crippen LogP contribution in [0.2, 0.25) is 0 Å². The molecule has 2 aromatic heterocycles. The number of nitrogens with zero attached hydrogens (tertiary/aromatic N) is 4. The van der Waals surface area contributed by atoms with Crippen molar-refractivity contribution in [1.82, 2.24) is 20.2 Å². The predicted octanol–water partition coefficient (Wildman–Crippen LogP) is 0.642.